The summed E-state index contributed by atoms with van der Waals surface area (Å²) in [5, 5.41) is 11.6. The summed E-state index contributed by atoms with van der Waals surface area (Å²) >= 11 is 0. The summed E-state index contributed by atoms with van der Waals surface area (Å²) in [6.07, 6.45) is 7.47. The molecule has 0 radical (unpaired) electrons. The van der Waals surface area contributed by atoms with Gasteiger partial charge in [0.1, 0.15) is 6.04 Å². The van der Waals surface area contributed by atoms with Crippen molar-refractivity contribution in [1.82, 2.24) is 5.32 Å². The summed E-state index contributed by atoms with van der Waals surface area (Å²) in [5.74, 6) is 1.19. The van der Waals surface area contributed by atoms with Gasteiger partial charge in [-0.1, -0.05) is 30.3 Å². The Bertz CT molecular complexity index is 476. The number of hydrogen-bond acceptors (Lipinski definition) is 2. The van der Waals surface area contributed by atoms with Gasteiger partial charge in [-0.3, -0.25) is 4.79 Å². The fraction of sp³-hybridized carbons (Fsp3) is 0.375. The van der Waals surface area contributed by atoms with Crippen molar-refractivity contribution in [2.45, 2.75) is 38.1 Å². The van der Waals surface area contributed by atoms with E-state index in [2.05, 4.69) is 11.2 Å². The molecule has 0 saturated carbocycles. The van der Waals surface area contributed by atoms with E-state index >= 15 is 0 Å². The maximum absolute atomic E-state index is 11.7. The fourth-order valence-electron chi connectivity index (χ4n) is 1.83. The van der Waals surface area contributed by atoms with E-state index in [1.807, 2.05) is 30.3 Å². The molecule has 4 heteroatoms. The number of aryl methyl sites for hydroxylation is 1. The van der Waals surface area contributed by atoms with Gasteiger partial charge in [0.25, 0.3) is 0 Å². The van der Waals surface area contributed by atoms with Gasteiger partial charge in [0.15, 0.2) is 0 Å². The Morgan fingerprint density at radius 2 is 2.00 bits per heavy atom. The third-order valence-electron chi connectivity index (χ3n) is 2.93. The molecule has 20 heavy (non-hydrogen) atoms. The summed E-state index contributed by atoms with van der Waals surface area (Å²) in [4.78, 5) is 22.8. The van der Waals surface area contributed by atoms with Crippen LogP contribution in [-0.4, -0.2) is 23.0 Å². The van der Waals surface area contributed by atoms with E-state index in [0.29, 0.717) is 25.7 Å². The fourth-order valence-corrected chi connectivity index (χ4v) is 1.83. The van der Waals surface area contributed by atoms with Crippen molar-refractivity contribution >= 4 is 11.9 Å². The number of nitrogens with one attached hydrogen (secondary N) is 1. The maximum Gasteiger partial charge on any atom is 0.326 e. The van der Waals surface area contributed by atoms with Crippen LogP contribution in [0.3, 0.4) is 0 Å². The van der Waals surface area contributed by atoms with E-state index in [9.17, 15) is 9.59 Å². The minimum absolute atomic E-state index is 0.248. The van der Waals surface area contributed by atoms with Gasteiger partial charge in [0.2, 0.25) is 5.91 Å². The lowest BCUT2D eigenvalue weighted by Gasteiger charge is -2.13. The second kappa shape index (κ2) is 8.76. The van der Waals surface area contributed by atoms with E-state index in [0.717, 1.165) is 5.56 Å². The summed E-state index contributed by atoms with van der Waals surface area (Å²) < 4.78 is 0. The largest absolute Gasteiger partial charge is 0.480 e. The van der Waals surface area contributed by atoms with Crippen molar-refractivity contribution in [2.24, 2.45) is 0 Å². The number of aliphatic carboxylic acids is 1. The van der Waals surface area contributed by atoms with E-state index in [1.165, 1.54) is 0 Å². The molecular formula is C16H19NO3. The average molecular weight is 273 g/mol. The number of carboxylic acids is 1. The Balaban J connectivity index is 2.38. The molecule has 4 nitrogen and oxygen atoms in total. The van der Waals surface area contributed by atoms with Crippen LogP contribution >= 0.6 is 0 Å². The molecule has 1 atom stereocenters. The van der Waals surface area contributed by atoms with Crippen LogP contribution in [0, 0.1) is 12.3 Å². The standard InChI is InChI=1S/C16H19NO3/c1-2-3-5-10-14(16(19)20)17-15(18)12-11-13-8-6-4-7-9-13/h1,4,6-9,14H,3,5,10-12H2,(H,17,18)(H,19,20)/t14-/m0/s1. The zero-order chi connectivity index (χ0) is 14.8. The lowest BCUT2D eigenvalue weighted by molar-refractivity contribution is -0.142. The molecule has 0 saturated heterocycles. The van der Waals surface area contributed by atoms with Crippen molar-refractivity contribution in [3.63, 3.8) is 0 Å². The zero-order valence-corrected chi connectivity index (χ0v) is 11.3. The van der Waals surface area contributed by atoms with Crippen LogP contribution in [0.5, 0.6) is 0 Å². The summed E-state index contributed by atoms with van der Waals surface area (Å²) in [6, 6.07) is 8.76. The highest BCUT2D eigenvalue weighted by Crippen LogP contribution is 2.04. The molecule has 0 fully saturated rings. The number of amides is 1. The van der Waals surface area contributed by atoms with Crippen molar-refractivity contribution in [3.05, 3.63) is 35.9 Å². The summed E-state index contributed by atoms with van der Waals surface area (Å²) in [7, 11) is 0. The van der Waals surface area contributed by atoms with Crippen molar-refractivity contribution in [2.75, 3.05) is 0 Å². The van der Waals surface area contributed by atoms with Crippen LogP contribution < -0.4 is 5.32 Å². The minimum Gasteiger partial charge on any atom is -0.480 e. The predicted octanol–water partition coefficient (Wildman–Crippen LogP) is 1.99. The number of carboxylic acid groups (broad SMARTS) is 1. The molecule has 0 aromatic heterocycles. The van der Waals surface area contributed by atoms with Gasteiger partial charge in [-0.05, 0) is 24.8 Å². The molecule has 106 valence electrons. The van der Waals surface area contributed by atoms with Crippen LogP contribution in [0.25, 0.3) is 0 Å². The number of hydrogen-bond donors (Lipinski definition) is 2. The third kappa shape index (κ3) is 6.05. The van der Waals surface area contributed by atoms with E-state index in [1.54, 1.807) is 0 Å². The molecule has 1 aromatic rings. The Hall–Kier alpha value is -2.28. The highest BCUT2D eigenvalue weighted by molar-refractivity contribution is 5.83. The van der Waals surface area contributed by atoms with Gasteiger partial charge in [0, 0.05) is 12.8 Å². The predicted molar refractivity (Wildman–Crippen MR) is 77.0 cm³/mol. The minimum atomic E-state index is -1.02. The van der Waals surface area contributed by atoms with Crippen LogP contribution in [0.15, 0.2) is 30.3 Å². The van der Waals surface area contributed by atoms with Crippen molar-refractivity contribution in [1.29, 1.82) is 0 Å². The monoisotopic (exact) mass is 273 g/mol. The molecule has 1 rings (SSSR count). The van der Waals surface area contributed by atoms with Gasteiger partial charge in [-0.2, -0.15) is 0 Å². The molecule has 1 amide bonds. The lowest BCUT2D eigenvalue weighted by atomic mass is 10.1. The Kier molecular flexibility index (Phi) is 6.91. The Morgan fingerprint density at radius 3 is 2.60 bits per heavy atom. The lowest BCUT2D eigenvalue weighted by Crippen LogP contribution is -2.40. The molecule has 0 spiro atoms. The molecule has 0 aliphatic rings. The topological polar surface area (TPSA) is 66.4 Å². The van der Waals surface area contributed by atoms with E-state index < -0.39 is 12.0 Å². The number of unbranched alkanes of at least 4 members (excludes halogenated alkanes) is 1. The number of carbonyl (C=O) groups excluding carboxylic acids is 1. The Labute approximate surface area is 119 Å². The van der Waals surface area contributed by atoms with Crippen molar-refractivity contribution < 1.29 is 14.7 Å². The van der Waals surface area contributed by atoms with E-state index in [-0.39, 0.29) is 12.3 Å². The first-order chi connectivity index (χ1) is 9.63. The second-order valence-corrected chi connectivity index (χ2v) is 4.54. The number of terminal acetylenes is 1. The quantitative estimate of drug-likeness (QED) is 0.562. The van der Waals surface area contributed by atoms with Crippen LogP contribution in [0.4, 0.5) is 0 Å². The second-order valence-electron chi connectivity index (χ2n) is 4.54. The molecule has 0 aliphatic heterocycles. The molecule has 0 aliphatic carbocycles. The van der Waals surface area contributed by atoms with E-state index in [4.69, 9.17) is 11.5 Å². The first-order valence-electron chi connectivity index (χ1n) is 6.63. The summed E-state index contributed by atoms with van der Waals surface area (Å²) in [6.45, 7) is 0. The average Bonchev–Trinajstić information content (AvgIpc) is 2.45. The molecule has 0 unspecified atom stereocenters. The molecular weight excluding hydrogens is 254 g/mol. The highest BCUT2D eigenvalue weighted by atomic mass is 16.4. The smallest absolute Gasteiger partial charge is 0.326 e. The third-order valence-corrected chi connectivity index (χ3v) is 2.93. The van der Waals surface area contributed by atoms with Gasteiger partial charge in [-0.15, -0.1) is 12.3 Å². The van der Waals surface area contributed by atoms with Gasteiger partial charge in [0.05, 0.1) is 0 Å². The summed E-state index contributed by atoms with van der Waals surface area (Å²) in [5.41, 5.74) is 1.06. The highest BCUT2D eigenvalue weighted by Gasteiger charge is 2.18. The maximum atomic E-state index is 11.7. The van der Waals surface area contributed by atoms with Crippen LogP contribution in [0.2, 0.25) is 0 Å². The molecule has 2 N–H and O–H groups in total. The normalized spacial score (nSPS) is 11.3. The van der Waals surface area contributed by atoms with Gasteiger partial charge >= 0.3 is 5.97 Å². The SMILES string of the molecule is C#CCCC[C@H](NC(=O)CCc1ccccc1)C(=O)O. The van der Waals surface area contributed by atoms with Gasteiger partial charge in [-0.25, -0.2) is 4.79 Å². The number of rotatable bonds is 8. The van der Waals surface area contributed by atoms with Crippen molar-refractivity contribution in [3.8, 4) is 12.3 Å². The molecule has 1 aromatic carbocycles. The van der Waals surface area contributed by atoms with Gasteiger partial charge < -0.3 is 10.4 Å². The van der Waals surface area contributed by atoms with Crippen LogP contribution in [0.1, 0.15) is 31.2 Å². The zero-order valence-electron chi connectivity index (χ0n) is 11.3. The molecule has 0 bridgehead atoms. The van der Waals surface area contributed by atoms with Crippen LogP contribution in [-0.2, 0) is 16.0 Å². The number of benzene rings is 1. The number of carbonyl (C=O) groups is 2. The molecule has 0 heterocycles. The first kappa shape index (κ1) is 15.8. The Morgan fingerprint density at radius 1 is 1.30 bits per heavy atom. The first-order valence-corrected chi connectivity index (χ1v) is 6.63.